The second kappa shape index (κ2) is 7.63. The third-order valence-corrected chi connectivity index (χ3v) is 4.64. The summed E-state index contributed by atoms with van der Waals surface area (Å²) >= 11 is 0. The Kier molecular flexibility index (Phi) is 5.33. The van der Waals surface area contributed by atoms with Gasteiger partial charge in [-0.05, 0) is 17.9 Å². The van der Waals surface area contributed by atoms with Crippen LogP contribution in [0.5, 0.6) is 0 Å². The van der Waals surface area contributed by atoms with Crippen molar-refractivity contribution in [2.45, 2.75) is 57.3 Å². The van der Waals surface area contributed by atoms with Crippen LogP contribution in [0.3, 0.4) is 0 Å². The minimum absolute atomic E-state index is 0.103. The Labute approximate surface area is 132 Å². The molecular weight excluding hydrogens is 278 g/mol. The van der Waals surface area contributed by atoms with Crippen LogP contribution in [-0.2, 0) is 16.1 Å². The molecule has 1 aromatic rings. The molecule has 1 aliphatic heterocycles. The van der Waals surface area contributed by atoms with Crippen LogP contribution in [0.2, 0.25) is 0 Å². The van der Waals surface area contributed by atoms with Crippen LogP contribution in [0, 0.1) is 5.92 Å². The van der Waals surface area contributed by atoms with E-state index >= 15 is 0 Å². The van der Waals surface area contributed by atoms with Crippen LogP contribution in [-0.4, -0.2) is 24.8 Å². The van der Waals surface area contributed by atoms with Gasteiger partial charge in [-0.3, -0.25) is 0 Å². The molecule has 4 nitrogen and oxygen atoms in total. The van der Waals surface area contributed by atoms with E-state index in [9.17, 15) is 4.79 Å². The molecule has 1 saturated heterocycles. The molecule has 2 fully saturated rings. The highest BCUT2D eigenvalue weighted by Crippen LogP contribution is 2.30. The number of carbonyl (C=O) groups is 1. The monoisotopic (exact) mass is 303 g/mol. The zero-order valence-corrected chi connectivity index (χ0v) is 13.0. The van der Waals surface area contributed by atoms with Crippen LogP contribution >= 0.6 is 0 Å². The van der Waals surface area contributed by atoms with E-state index in [1.165, 1.54) is 32.1 Å². The maximum atomic E-state index is 12.0. The molecule has 0 unspecified atom stereocenters. The fourth-order valence-corrected chi connectivity index (χ4v) is 3.29. The van der Waals surface area contributed by atoms with Gasteiger partial charge in [0.1, 0.15) is 12.7 Å². The van der Waals surface area contributed by atoms with Gasteiger partial charge in [0.15, 0.2) is 0 Å². The first-order chi connectivity index (χ1) is 10.8. The number of amides is 1. The molecule has 1 amide bonds. The molecule has 1 saturated carbocycles. The van der Waals surface area contributed by atoms with E-state index in [4.69, 9.17) is 9.47 Å². The van der Waals surface area contributed by atoms with Gasteiger partial charge in [-0.2, -0.15) is 0 Å². The Morgan fingerprint density at radius 1 is 1.23 bits per heavy atom. The van der Waals surface area contributed by atoms with Crippen LogP contribution < -0.4 is 5.32 Å². The summed E-state index contributed by atoms with van der Waals surface area (Å²) in [6, 6.07) is 9.86. The average molecular weight is 303 g/mol. The van der Waals surface area contributed by atoms with Gasteiger partial charge < -0.3 is 14.8 Å². The standard InChI is InChI=1S/C18H25NO3/c20-18(22-12-15-9-5-2-6-10-15)19-16(17-13-21-17)11-14-7-3-1-4-8-14/h2,5-6,9-10,14,16-17H,1,3-4,7-8,11-13H2,(H,19,20)/t16-,17+/m0/s1. The topological polar surface area (TPSA) is 50.9 Å². The van der Waals surface area contributed by atoms with Gasteiger partial charge in [0.25, 0.3) is 0 Å². The van der Waals surface area contributed by atoms with Crippen molar-refractivity contribution in [3.8, 4) is 0 Å². The lowest BCUT2D eigenvalue weighted by atomic mass is 9.84. The molecule has 22 heavy (non-hydrogen) atoms. The van der Waals surface area contributed by atoms with E-state index in [0.29, 0.717) is 6.61 Å². The minimum Gasteiger partial charge on any atom is -0.445 e. The molecule has 2 aliphatic rings. The minimum atomic E-state index is -0.333. The predicted octanol–water partition coefficient (Wildman–Crippen LogP) is 3.65. The molecule has 2 atom stereocenters. The quantitative estimate of drug-likeness (QED) is 0.816. The Hall–Kier alpha value is -1.55. The first-order valence-corrected chi connectivity index (χ1v) is 8.40. The maximum absolute atomic E-state index is 12.0. The molecule has 0 bridgehead atoms. The molecule has 120 valence electrons. The lowest BCUT2D eigenvalue weighted by Gasteiger charge is -2.26. The van der Waals surface area contributed by atoms with Crippen molar-refractivity contribution >= 4 is 6.09 Å². The third-order valence-electron chi connectivity index (χ3n) is 4.64. The van der Waals surface area contributed by atoms with Crippen molar-refractivity contribution in [3.05, 3.63) is 35.9 Å². The number of benzene rings is 1. The van der Waals surface area contributed by atoms with E-state index in [2.05, 4.69) is 5.32 Å². The van der Waals surface area contributed by atoms with Crippen molar-refractivity contribution in [3.63, 3.8) is 0 Å². The van der Waals surface area contributed by atoms with E-state index < -0.39 is 0 Å². The number of alkyl carbamates (subject to hydrolysis) is 1. The predicted molar refractivity (Wildman–Crippen MR) is 84.5 cm³/mol. The highest BCUT2D eigenvalue weighted by Gasteiger charge is 2.35. The summed E-state index contributed by atoms with van der Waals surface area (Å²) < 4.78 is 10.7. The van der Waals surface area contributed by atoms with Gasteiger partial charge in [-0.15, -0.1) is 0 Å². The highest BCUT2D eigenvalue weighted by molar-refractivity contribution is 5.67. The van der Waals surface area contributed by atoms with Crippen molar-refractivity contribution in [1.29, 1.82) is 0 Å². The molecule has 0 spiro atoms. The molecule has 1 aromatic carbocycles. The van der Waals surface area contributed by atoms with Gasteiger partial charge in [0.05, 0.1) is 12.6 Å². The molecule has 1 heterocycles. The molecule has 1 aliphatic carbocycles. The number of hydrogen-bond acceptors (Lipinski definition) is 3. The summed E-state index contributed by atoms with van der Waals surface area (Å²) in [6.45, 7) is 1.07. The summed E-state index contributed by atoms with van der Waals surface area (Å²) in [6.07, 6.45) is 7.43. The molecule has 1 N–H and O–H groups in total. The number of hydrogen-bond donors (Lipinski definition) is 1. The van der Waals surface area contributed by atoms with Crippen molar-refractivity contribution in [2.75, 3.05) is 6.61 Å². The Bertz CT molecular complexity index is 466. The number of carbonyl (C=O) groups excluding carboxylic acids is 1. The van der Waals surface area contributed by atoms with E-state index in [-0.39, 0.29) is 18.2 Å². The molecule has 0 aromatic heterocycles. The van der Waals surface area contributed by atoms with Gasteiger partial charge in [0, 0.05) is 0 Å². The third kappa shape index (κ3) is 4.73. The van der Waals surface area contributed by atoms with Crippen molar-refractivity contribution < 1.29 is 14.3 Å². The average Bonchev–Trinajstić information content (AvgIpc) is 3.39. The molecular formula is C18H25NO3. The lowest BCUT2D eigenvalue weighted by molar-refractivity contribution is 0.130. The number of ether oxygens (including phenoxy) is 2. The van der Waals surface area contributed by atoms with Crippen LogP contribution in [0.1, 0.15) is 44.1 Å². The van der Waals surface area contributed by atoms with Crippen molar-refractivity contribution in [1.82, 2.24) is 5.32 Å². The maximum Gasteiger partial charge on any atom is 0.407 e. The fourth-order valence-electron chi connectivity index (χ4n) is 3.29. The summed E-state index contributed by atoms with van der Waals surface area (Å²) in [5, 5.41) is 3.01. The zero-order valence-electron chi connectivity index (χ0n) is 13.0. The van der Waals surface area contributed by atoms with Gasteiger partial charge in [0.2, 0.25) is 0 Å². The second-order valence-electron chi connectivity index (χ2n) is 6.42. The first kappa shape index (κ1) is 15.3. The lowest BCUT2D eigenvalue weighted by Crippen LogP contribution is -2.40. The van der Waals surface area contributed by atoms with Gasteiger partial charge in [-0.1, -0.05) is 62.4 Å². The molecule has 3 rings (SSSR count). The smallest absolute Gasteiger partial charge is 0.407 e. The van der Waals surface area contributed by atoms with Crippen LogP contribution in [0.15, 0.2) is 30.3 Å². The van der Waals surface area contributed by atoms with E-state index in [1.54, 1.807) is 0 Å². The van der Waals surface area contributed by atoms with E-state index in [1.807, 2.05) is 30.3 Å². The number of nitrogens with one attached hydrogen (secondary N) is 1. The Balaban J connectivity index is 1.44. The highest BCUT2D eigenvalue weighted by atomic mass is 16.6. The molecule has 0 radical (unpaired) electrons. The first-order valence-electron chi connectivity index (χ1n) is 8.40. The number of rotatable bonds is 6. The summed E-state index contributed by atoms with van der Waals surface area (Å²) in [4.78, 5) is 12.0. The molecule has 4 heteroatoms. The van der Waals surface area contributed by atoms with Crippen LogP contribution in [0.25, 0.3) is 0 Å². The summed E-state index contributed by atoms with van der Waals surface area (Å²) in [5.74, 6) is 0.720. The number of epoxide rings is 1. The zero-order chi connectivity index (χ0) is 15.2. The summed E-state index contributed by atoms with van der Waals surface area (Å²) in [7, 11) is 0. The second-order valence-corrected chi connectivity index (χ2v) is 6.42. The Morgan fingerprint density at radius 3 is 2.64 bits per heavy atom. The normalized spacial score (nSPS) is 22.8. The van der Waals surface area contributed by atoms with E-state index in [0.717, 1.165) is 24.5 Å². The largest absolute Gasteiger partial charge is 0.445 e. The SMILES string of the molecule is O=C(N[C@@H](CC1CCCCC1)[C@H]1CO1)OCc1ccccc1. The van der Waals surface area contributed by atoms with Gasteiger partial charge in [-0.25, -0.2) is 4.79 Å². The fraction of sp³-hybridized carbons (Fsp3) is 0.611. The van der Waals surface area contributed by atoms with Gasteiger partial charge >= 0.3 is 6.09 Å². The Morgan fingerprint density at radius 2 is 1.95 bits per heavy atom. The summed E-state index contributed by atoms with van der Waals surface area (Å²) in [5.41, 5.74) is 1.00. The van der Waals surface area contributed by atoms with Crippen LogP contribution in [0.4, 0.5) is 4.79 Å². The van der Waals surface area contributed by atoms with Crippen molar-refractivity contribution in [2.24, 2.45) is 5.92 Å².